The van der Waals surface area contributed by atoms with Gasteiger partial charge in [0.1, 0.15) is 33.5 Å². The highest BCUT2D eigenvalue weighted by molar-refractivity contribution is 6.18. The van der Waals surface area contributed by atoms with E-state index < -0.39 is 0 Å². The van der Waals surface area contributed by atoms with Gasteiger partial charge in [-0.3, -0.25) is 0 Å². The fourth-order valence-corrected chi connectivity index (χ4v) is 11.6. The van der Waals surface area contributed by atoms with Gasteiger partial charge in [-0.1, -0.05) is 170 Å². The van der Waals surface area contributed by atoms with Gasteiger partial charge in [0.05, 0.1) is 11.0 Å². The number of furan rings is 3. The minimum Gasteiger partial charge on any atom is -0.456 e. The summed E-state index contributed by atoms with van der Waals surface area (Å²) in [6, 6.07) is 84.5. The maximum atomic E-state index is 6.91. The van der Waals surface area contributed by atoms with E-state index in [1.807, 2.05) is 42.5 Å². The van der Waals surface area contributed by atoms with E-state index in [-0.39, 0.29) is 0 Å². The second-order valence-corrected chi connectivity index (χ2v) is 19.4. The van der Waals surface area contributed by atoms with Gasteiger partial charge < -0.3 is 17.8 Å². The molecule has 5 aromatic heterocycles. The zero-order valence-corrected chi connectivity index (χ0v) is 40.6. The molecule has 5 heterocycles. The second kappa shape index (κ2) is 16.6. The molecule has 7 heteroatoms. The first-order valence-corrected chi connectivity index (χ1v) is 25.5. The summed E-state index contributed by atoms with van der Waals surface area (Å²) in [6.07, 6.45) is 0. The van der Waals surface area contributed by atoms with Crippen molar-refractivity contribution in [3.63, 3.8) is 0 Å². The van der Waals surface area contributed by atoms with E-state index in [9.17, 15) is 0 Å². The standard InChI is InChI=1S/C69H40N4O3/c1-3-14-41(15-4-1)42-28-30-43(31-29-42)67-70-68(46-32-35-52-51-19-8-10-25-59(51)75-63(52)40-46)72-69(71-67)54-23-13-26-61-65(54)56-39-44(34-37-60(56)74-61)48-20-12-27-62-64(48)53-22-11-21-49(66(53)76-62)45-33-36-58-55(38-45)50-18-7-9-24-57(50)73(58)47-16-5-2-6-17-47/h1-40H. The number of hydrogen-bond donors (Lipinski definition) is 0. The Hall–Kier alpha value is -10.4. The van der Waals surface area contributed by atoms with Crippen LogP contribution in [0.5, 0.6) is 0 Å². The zero-order chi connectivity index (χ0) is 49.8. The van der Waals surface area contributed by atoms with Crippen molar-refractivity contribution in [2.24, 2.45) is 0 Å². The van der Waals surface area contributed by atoms with Crippen LogP contribution in [0.25, 0.3) is 161 Å². The molecule has 0 unspecified atom stereocenters. The van der Waals surface area contributed by atoms with Crippen LogP contribution in [0.4, 0.5) is 0 Å². The normalized spacial score (nSPS) is 11.9. The van der Waals surface area contributed by atoms with Crippen molar-refractivity contribution in [2.75, 3.05) is 0 Å². The Balaban J connectivity index is 0.840. The molecule has 0 aliphatic carbocycles. The summed E-state index contributed by atoms with van der Waals surface area (Å²) in [7, 11) is 0. The number of aromatic nitrogens is 4. The predicted molar refractivity (Wildman–Crippen MR) is 309 cm³/mol. The van der Waals surface area contributed by atoms with Gasteiger partial charge >= 0.3 is 0 Å². The predicted octanol–water partition coefficient (Wildman–Crippen LogP) is 18.7. The summed E-state index contributed by atoms with van der Waals surface area (Å²) in [5.74, 6) is 1.64. The Bertz CT molecular complexity index is 4990. The molecule has 0 fully saturated rings. The van der Waals surface area contributed by atoms with Crippen LogP contribution in [0.1, 0.15) is 0 Å². The topological polar surface area (TPSA) is 83.0 Å². The maximum absolute atomic E-state index is 6.91. The van der Waals surface area contributed by atoms with Crippen molar-refractivity contribution in [3.8, 4) is 73.2 Å². The van der Waals surface area contributed by atoms with E-state index in [0.717, 1.165) is 127 Å². The second-order valence-electron chi connectivity index (χ2n) is 19.4. The molecule has 16 aromatic rings. The molecule has 354 valence electrons. The lowest BCUT2D eigenvalue weighted by Gasteiger charge is -2.10. The molecule has 0 aliphatic heterocycles. The lowest BCUT2D eigenvalue weighted by atomic mass is 9.95. The largest absolute Gasteiger partial charge is 0.456 e. The molecule has 0 atom stereocenters. The number of hydrogen-bond acceptors (Lipinski definition) is 6. The molecule has 0 N–H and O–H groups in total. The maximum Gasteiger partial charge on any atom is 0.164 e. The molecule has 0 spiro atoms. The molecule has 0 aliphatic rings. The molecule has 11 aromatic carbocycles. The minimum absolute atomic E-state index is 0.536. The van der Waals surface area contributed by atoms with Crippen LogP contribution < -0.4 is 0 Å². The van der Waals surface area contributed by atoms with Gasteiger partial charge in [0.15, 0.2) is 17.5 Å². The van der Waals surface area contributed by atoms with Gasteiger partial charge in [-0.2, -0.15) is 0 Å². The smallest absolute Gasteiger partial charge is 0.164 e. The summed E-state index contributed by atoms with van der Waals surface area (Å²) in [5, 5.41) is 8.49. The molecule has 7 nitrogen and oxygen atoms in total. The third-order valence-electron chi connectivity index (χ3n) is 15.1. The van der Waals surface area contributed by atoms with E-state index in [4.69, 9.17) is 28.2 Å². The Morgan fingerprint density at radius 1 is 0.263 bits per heavy atom. The monoisotopic (exact) mass is 972 g/mol. The number of nitrogens with zero attached hydrogens (tertiary/aromatic N) is 4. The highest BCUT2D eigenvalue weighted by Gasteiger charge is 2.22. The number of fused-ring (bicyclic) bond motifs is 12. The number of benzene rings is 11. The molecular formula is C69H40N4O3. The third kappa shape index (κ3) is 6.59. The molecule has 16 rings (SSSR count). The first kappa shape index (κ1) is 42.2. The van der Waals surface area contributed by atoms with Crippen molar-refractivity contribution in [1.29, 1.82) is 0 Å². The highest BCUT2D eigenvalue weighted by Crippen LogP contribution is 2.45. The lowest BCUT2D eigenvalue weighted by Crippen LogP contribution is -2.00. The van der Waals surface area contributed by atoms with Crippen molar-refractivity contribution >= 4 is 87.6 Å². The average molecular weight is 973 g/mol. The molecule has 76 heavy (non-hydrogen) atoms. The minimum atomic E-state index is 0.536. The SMILES string of the molecule is c1ccc(-c2ccc(-c3nc(-c4ccc5c(c4)oc4ccccc45)nc(-c4cccc5oc6ccc(-c7cccc8oc9c(-c%10ccc%11c(c%10)c%10ccccc%10n%11-c%10ccccc%10)cccc9c78)cc6c45)n3)cc2)cc1. The van der Waals surface area contributed by atoms with E-state index in [1.54, 1.807) is 0 Å². The first-order chi connectivity index (χ1) is 37.6. The molecule has 0 bridgehead atoms. The fraction of sp³-hybridized carbons (Fsp3) is 0. The summed E-state index contributed by atoms with van der Waals surface area (Å²) >= 11 is 0. The molecule has 0 amide bonds. The zero-order valence-electron chi connectivity index (χ0n) is 40.6. The fourth-order valence-electron chi connectivity index (χ4n) is 11.6. The number of rotatable bonds is 7. The van der Waals surface area contributed by atoms with Crippen molar-refractivity contribution in [3.05, 3.63) is 243 Å². The summed E-state index contributed by atoms with van der Waals surface area (Å²) in [5.41, 5.74) is 17.3. The van der Waals surface area contributed by atoms with Crippen LogP contribution in [0.3, 0.4) is 0 Å². The van der Waals surface area contributed by atoms with Crippen molar-refractivity contribution < 1.29 is 13.3 Å². The van der Waals surface area contributed by atoms with Crippen molar-refractivity contribution in [1.82, 2.24) is 19.5 Å². The van der Waals surface area contributed by atoms with Gasteiger partial charge in [0.25, 0.3) is 0 Å². The number of para-hydroxylation sites is 4. The van der Waals surface area contributed by atoms with E-state index in [1.165, 1.54) is 16.3 Å². The third-order valence-corrected chi connectivity index (χ3v) is 15.1. The summed E-state index contributed by atoms with van der Waals surface area (Å²) in [6.45, 7) is 0. The first-order valence-electron chi connectivity index (χ1n) is 25.5. The van der Waals surface area contributed by atoms with Crippen LogP contribution >= 0.6 is 0 Å². The van der Waals surface area contributed by atoms with Crippen LogP contribution in [-0.4, -0.2) is 19.5 Å². The van der Waals surface area contributed by atoms with E-state index in [0.29, 0.717) is 17.5 Å². The van der Waals surface area contributed by atoms with Gasteiger partial charge in [0.2, 0.25) is 0 Å². The van der Waals surface area contributed by atoms with Gasteiger partial charge in [-0.05, 0) is 101 Å². The van der Waals surface area contributed by atoms with Crippen LogP contribution in [0.2, 0.25) is 0 Å². The van der Waals surface area contributed by atoms with E-state index >= 15 is 0 Å². The lowest BCUT2D eigenvalue weighted by molar-refractivity contribution is 0.668. The Kier molecular flexibility index (Phi) is 9.20. The van der Waals surface area contributed by atoms with Gasteiger partial charge in [-0.25, -0.2) is 15.0 Å². The van der Waals surface area contributed by atoms with Crippen LogP contribution in [0, 0.1) is 0 Å². The molecule has 0 saturated heterocycles. The van der Waals surface area contributed by atoms with E-state index in [2.05, 4.69) is 205 Å². The quantitative estimate of drug-likeness (QED) is 0.158. The highest BCUT2D eigenvalue weighted by atomic mass is 16.3. The summed E-state index contributed by atoms with van der Waals surface area (Å²) < 4.78 is 22.3. The molecule has 0 radical (unpaired) electrons. The Labute approximate surface area is 434 Å². The summed E-state index contributed by atoms with van der Waals surface area (Å²) in [4.78, 5) is 15.7. The Morgan fingerprint density at radius 3 is 1.64 bits per heavy atom. The molecule has 0 saturated carbocycles. The Morgan fingerprint density at radius 2 is 0.789 bits per heavy atom. The van der Waals surface area contributed by atoms with Crippen LogP contribution in [-0.2, 0) is 0 Å². The molecular weight excluding hydrogens is 933 g/mol. The van der Waals surface area contributed by atoms with Gasteiger partial charge in [0, 0.05) is 71.0 Å². The average Bonchev–Trinajstić information content (AvgIpc) is 4.31. The van der Waals surface area contributed by atoms with Crippen molar-refractivity contribution in [2.45, 2.75) is 0 Å². The van der Waals surface area contributed by atoms with Crippen LogP contribution in [0.15, 0.2) is 256 Å². The van der Waals surface area contributed by atoms with Gasteiger partial charge in [-0.15, -0.1) is 0 Å².